The Kier molecular flexibility index (Phi) is 3.16. The van der Waals surface area contributed by atoms with Crippen LogP contribution in [0.15, 0.2) is 40.7 Å². The molecule has 1 atom stereocenters. The van der Waals surface area contributed by atoms with E-state index in [1.165, 1.54) is 0 Å². The van der Waals surface area contributed by atoms with E-state index in [1.807, 2.05) is 23.7 Å². The largest absolute Gasteiger partial charge is 0.294 e. The van der Waals surface area contributed by atoms with Gasteiger partial charge in [0.25, 0.3) is 0 Å². The average molecular weight is 335 g/mol. The van der Waals surface area contributed by atoms with Crippen LogP contribution in [0.4, 0.5) is 0 Å². The molecule has 0 radical (unpaired) electrons. The Morgan fingerprint density at radius 3 is 2.95 bits per heavy atom. The fraction of sp³-hybridized carbons (Fsp3) is 0.400. The van der Waals surface area contributed by atoms with Crippen molar-refractivity contribution in [2.75, 3.05) is 20.1 Å². The van der Waals surface area contributed by atoms with Crippen molar-refractivity contribution in [2.45, 2.75) is 23.4 Å². The molecule has 4 rings (SSSR count). The summed E-state index contributed by atoms with van der Waals surface area (Å²) in [6, 6.07) is 7.41. The van der Waals surface area contributed by atoms with Crippen LogP contribution in [0.3, 0.4) is 0 Å². The number of fused-ring (bicyclic) bond motifs is 2. The van der Waals surface area contributed by atoms with Crippen molar-refractivity contribution in [1.29, 1.82) is 0 Å². The van der Waals surface area contributed by atoms with Gasteiger partial charge >= 0.3 is 0 Å². The number of aromatic nitrogens is 1. The summed E-state index contributed by atoms with van der Waals surface area (Å²) >= 11 is 1.64. The lowest BCUT2D eigenvalue weighted by Gasteiger charge is -2.31. The van der Waals surface area contributed by atoms with Gasteiger partial charge in [-0.25, -0.2) is 13.4 Å². The molecule has 1 aromatic carbocycles. The fourth-order valence-corrected chi connectivity index (χ4v) is 6.08. The smallest absolute Gasteiger partial charge is 0.244 e. The van der Waals surface area contributed by atoms with E-state index in [0.29, 0.717) is 4.90 Å². The number of nitrogens with zero attached hydrogens (tertiary/aromatic N) is 3. The second-order valence-electron chi connectivity index (χ2n) is 5.89. The Hall–Kier alpha value is -1.28. The highest BCUT2D eigenvalue weighted by Crippen LogP contribution is 2.48. The summed E-state index contributed by atoms with van der Waals surface area (Å²) in [5, 5.41) is 3.05. The minimum absolute atomic E-state index is 0.424. The summed E-state index contributed by atoms with van der Waals surface area (Å²) in [5.41, 5.74) is 0.520. The molecule has 2 aliphatic rings. The SMILES string of the molecule is CN1C2(CCN(Cc3nccs3)C2)c2ccccc2S1(=O)=O. The molecule has 2 aromatic rings. The number of thiazole rings is 1. The number of likely N-dealkylation sites (N-methyl/N-ethyl adjacent to an activating group) is 1. The maximum Gasteiger partial charge on any atom is 0.244 e. The third kappa shape index (κ3) is 1.89. The van der Waals surface area contributed by atoms with E-state index in [1.54, 1.807) is 34.8 Å². The van der Waals surface area contributed by atoms with Gasteiger partial charge in [-0.15, -0.1) is 11.3 Å². The van der Waals surface area contributed by atoms with Gasteiger partial charge in [0.05, 0.1) is 17.0 Å². The van der Waals surface area contributed by atoms with Gasteiger partial charge in [0, 0.05) is 31.7 Å². The van der Waals surface area contributed by atoms with Crippen molar-refractivity contribution in [2.24, 2.45) is 0 Å². The monoisotopic (exact) mass is 335 g/mol. The normalized spacial score (nSPS) is 27.5. The summed E-state index contributed by atoms with van der Waals surface area (Å²) in [5.74, 6) is 0. The third-order valence-electron chi connectivity index (χ3n) is 4.80. The predicted octanol–water partition coefficient (Wildman–Crippen LogP) is 1.88. The first-order valence-corrected chi connectivity index (χ1v) is 9.55. The van der Waals surface area contributed by atoms with Crippen LogP contribution in [-0.2, 0) is 22.1 Å². The fourth-order valence-electron chi connectivity index (χ4n) is 3.63. The van der Waals surface area contributed by atoms with Gasteiger partial charge in [-0.05, 0) is 18.1 Å². The molecule has 1 saturated heterocycles. The first-order chi connectivity index (χ1) is 10.5. The first-order valence-electron chi connectivity index (χ1n) is 7.23. The van der Waals surface area contributed by atoms with E-state index in [0.717, 1.165) is 36.6 Å². The van der Waals surface area contributed by atoms with Crippen LogP contribution < -0.4 is 0 Å². The van der Waals surface area contributed by atoms with Gasteiger partial charge in [0.15, 0.2) is 0 Å². The number of hydrogen-bond acceptors (Lipinski definition) is 5. The Labute approximate surface area is 134 Å². The number of sulfonamides is 1. The molecule has 0 saturated carbocycles. The summed E-state index contributed by atoms with van der Waals surface area (Å²) in [6.45, 7) is 2.39. The van der Waals surface area contributed by atoms with Crippen LogP contribution in [0.5, 0.6) is 0 Å². The predicted molar refractivity (Wildman–Crippen MR) is 85.1 cm³/mol. The Morgan fingerprint density at radius 1 is 1.36 bits per heavy atom. The second-order valence-corrected chi connectivity index (χ2v) is 8.80. The van der Waals surface area contributed by atoms with Gasteiger partial charge in [-0.1, -0.05) is 18.2 Å². The van der Waals surface area contributed by atoms with E-state index in [4.69, 9.17) is 0 Å². The highest BCUT2D eigenvalue weighted by molar-refractivity contribution is 7.89. The molecule has 3 heterocycles. The maximum absolute atomic E-state index is 12.7. The van der Waals surface area contributed by atoms with Crippen LogP contribution >= 0.6 is 11.3 Å². The molecule has 1 spiro atoms. The molecular weight excluding hydrogens is 318 g/mol. The zero-order chi connectivity index (χ0) is 15.4. The molecule has 22 heavy (non-hydrogen) atoms. The standard InChI is InChI=1S/C15H17N3O2S2/c1-17-15(12-4-2-3-5-13(12)22(17,19)20)6-8-18(11-15)10-14-16-7-9-21-14/h2-5,7,9H,6,8,10-11H2,1H3. The Bertz CT molecular complexity index is 804. The highest BCUT2D eigenvalue weighted by Gasteiger charge is 2.54. The van der Waals surface area contributed by atoms with Crippen molar-refractivity contribution in [3.63, 3.8) is 0 Å². The average Bonchev–Trinajstić information content (AvgIpc) is 3.20. The van der Waals surface area contributed by atoms with E-state index < -0.39 is 15.6 Å². The minimum Gasteiger partial charge on any atom is -0.294 e. The summed E-state index contributed by atoms with van der Waals surface area (Å²) in [6.07, 6.45) is 2.64. The zero-order valence-electron chi connectivity index (χ0n) is 12.3. The summed E-state index contributed by atoms with van der Waals surface area (Å²) in [7, 11) is -1.66. The van der Waals surface area contributed by atoms with Gasteiger partial charge < -0.3 is 0 Å². The molecule has 1 fully saturated rings. The third-order valence-corrected chi connectivity index (χ3v) is 7.55. The van der Waals surface area contributed by atoms with E-state index in [2.05, 4.69) is 9.88 Å². The topological polar surface area (TPSA) is 53.5 Å². The molecule has 0 bridgehead atoms. The molecule has 1 unspecified atom stereocenters. The molecule has 2 aliphatic heterocycles. The van der Waals surface area contributed by atoms with Gasteiger partial charge in [0.2, 0.25) is 10.0 Å². The quantitative estimate of drug-likeness (QED) is 0.841. The number of benzene rings is 1. The van der Waals surface area contributed by atoms with Crippen molar-refractivity contribution in [3.05, 3.63) is 46.4 Å². The molecule has 0 amide bonds. The molecule has 0 aliphatic carbocycles. The zero-order valence-corrected chi connectivity index (χ0v) is 13.9. The molecule has 116 valence electrons. The van der Waals surface area contributed by atoms with E-state index in [-0.39, 0.29) is 0 Å². The van der Waals surface area contributed by atoms with Crippen molar-refractivity contribution in [3.8, 4) is 0 Å². The van der Waals surface area contributed by atoms with Crippen LogP contribution in [0, 0.1) is 0 Å². The van der Waals surface area contributed by atoms with Crippen LogP contribution in [0.2, 0.25) is 0 Å². The lowest BCUT2D eigenvalue weighted by molar-refractivity contribution is 0.217. The molecule has 1 aromatic heterocycles. The van der Waals surface area contributed by atoms with Crippen LogP contribution in [0.25, 0.3) is 0 Å². The lowest BCUT2D eigenvalue weighted by atomic mass is 9.89. The van der Waals surface area contributed by atoms with E-state index >= 15 is 0 Å². The van der Waals surface area contributed by atoms with Crippen molar-refractivity contribution in [1.82, 2.24) is 14.2 Å². The lowest BCUT2D eigenvalue weighted by Crippen LogP contribution is -2.43. The molecule has 0 N–H and O–H groups in total. The van der Waals surface area contributed by atoms with Crippen LogP contribution in [-0.4, -0.2) is 42.7 Å². The maximum atomic E-state index is 12.7. The Morgan fingerprint density at radius 2 is 2.18 bits per heavy atom. The number of likely N-dealkylation sites (tertiary alicyclic amines) is 1. The van der Waals surface area contributed by atoms with Gasteiger partial charge in [0.1, 0.15) is 5.01 Å². The molecule has 5 nitrogen and oxygen atoms in total. The van der Waals surface area contributed by atoms with E-state index in [9.17, 15) is 8.42 Å². The minimum atomic E-state index is -3.37. The van der Waals surface area contributed by atoms with Crippen molar-refractivity contribution >= 4 is 21.4 Å². The molecule has 7 heteroatoms. The summed E-state index contributed by atoms with van der Waals surface area (Å²) in [4.78, 5) is 7.10. The van der Waals surface area contributed by atoms with Gasteiger partial charge in [-0.3, -0.25) is 4.90 Å². The second kappa shape index (κ2) is 4.86. The van der Waals surface area contributed by atoms with Crippen molar-refractivity contribution < 1.29 is 8.42 Å². The molecular formula is C15H17N3O2S2. The van der Waals surface area contributed by atoms with Crippen LogP contribution in [0.1, 0.15) is 17.0 Å². The Balaban J connectivity index is 1.70. The summed E-state index contributed by atoms with van der Waals surface area (Å²) < 4.78 is 26.9. The number of rotatable bonds is 2. The number of hydrogen-bond donors (Lipinski definition) is 0. The van der Waals surface area contributed by atoms with Gasteiger partial charge in [-0.2, -0.15) is 4.31 Å². The highest BCUT2D eigenvalue weighted by atomic mass is 32.2. The first kappa shape index (κ1) is 14.3.